The van der Waals surface area contributed by atoms with Crippen LogP contribution in [0.5, 0.6) is 5.75 Å². The molecule has 1 N–H and O–H groups in total. The van der Waals surface area contributed by atoms with Crippen LogP contribution in [0, 0.1) is 13.8 Å². The minimum Gasteiger partial charge on any atom is -0.490 e. The number of unbranched alkanes of at least 4 members (excludes halogenated alkanes) is 2. The first kappa shape index (κ1) is 21.8. The van der Waals surface area contributed by atoms with Crippen molar-refractivity contribution < 1.29 is 17.9 Å². The van der Waals surface area contributed by atoms with Gasteiger partial charge in [-0.2, -0.15) is 8.78 Å². The van der Waals surface area contributed by atoms with Crippen molar-refractivity contribution in [2.45, 2.75) is 71.8 Å². The topological polar surface area (TPSA) is 21.3 Å². The van der Waals surface area contributed by atoms with E-state index in [0.717, 1.165) is 25.9 Å². The van der Waals surface area contributed by atoms with E-state index < -0.39 is 12.6 Å². The highest BCUT2D eigenvalue weighted by molar-refractivity contribution is 5.43. The molecule has 5 heteroatoms. The van der Waals surface area contributed by atoms with Crippen LogP contribution < -0.4 is 10.1 Å². The van der Waals surface area contributed by atoms with E-state index in [4.69, 9.17) is 4.74 Å². The zero-order valence-corrected chi connectivity index (χ0v) is 15.9. The summed E-state index contributed by atoms with van der Waals surface area (Å²) in [5.41, 5.74) is 0.731. The molecule has 1 aliphatic heterocycles. The van der Waals surface area contributed by atoms with Gasteiger partial charge in [-0.15, -0.1) is 0 Å². The molecule has 0 radical (unpaired) electrons. The van der Waals surface area contributed by atoms with Gasteiger partial charge >= 0.3 is 5.92 Å². The molecule has 1 fully saturated rings. The van der Waals surface area contributed by atoms with E-state index >= 15 is 0 Å². The maximum atomic E-state index is 13.5. The summed E-state index contributed by atoms with van der Waals surface area (Å²) in [4.78, 5) is 0. The molecule has 0 bridgehead atoms. The number of nitrogens with one attached hydrogen (secondary N) is 1. The van der Waals surface area contributed by atoms with Crippen molar-refractivity contribution in [3.05, 3.63) is 28.8 Å². The summed E-state index contributed by atoms with van der Waals surface area (Å²) >= 11 is 0. The van der Waals surface area contributed by atoms with Crippen LogP contribution in [0.3, 0.4) is 0 Å². The molecule has 25 heavy (non-hydrogen) atoms. The Labute approximate surface area is 150 Å². The fourth-order valence-corrected chi connectivity index (χ4v) is 2.83. The molecule has 1 saturated heterocycles. The molecule has 0 atom stereocenters. The molecule has 0 amide bonds. The molecule has 1 aromatic carbocycles. The highest BCUT2D eigenvalue weighted by atomic mass is 19.3. The summed E-state index contributed by atoms with van der Waals surface area (Å²) in [6.07, 6.45) is 6.00. The average molecular weight is 359 g/mol. The molecule has 144 valence electrons. The number of hydrogen-bond donors (Lipinski definition) is 1. The number of halogens is 3. The Balaban J connectivity index is 0.000000550. The zero-order valence-electron chi connectivity index (χ0n) is 15.9. The second-order valence-electron chi connectivity index (χ2n) is 6.69. The third kappa shape index (κ3) is 6.89. The van der Waals surface area contributed by atoms with Crippen molar-refractivity contribution in [1.82, 2.24) is 5.32 Å². The highest BCUT2D eigenvalue weighted by Crippen LogP contribution is 2.35. The molecule has 1 aromatic rings. The SMILES string of the molecule is CCCCC.Cc1cc(C(F)(F)CF)c(C)cc1OC1CCNCC1. The number of rotatable bonds is 6. The van der Waals surface area contributed by atoms with Gasteiger partial charge in [0.15, 0.2) is 6.67 Å². The maximum Gasteiger partial charge on any atom is 0.301 e. The van der Waals surface area contributed by atoms with E-state index in [-0.39, 0.29) is 11.7 Å². The van der Waals surface area contributed by atoms with Crippen molar-refractivity contribution in [2.75, 3.05) is 19.8 Å². The Morgan fingerprint density at radius 2 is 1.68 bits per heavy atom. The van der Waals surface area contributed by atoms with E-state index in [1.54, 1.807) is 19.9 Å². The van der Waals surface area contributed by atoms with Crippen LogP contribution in [-0.4, -0.2) is 25.9 Å². The Kier molecular flexibility index (Phi) is 9.33. The van der Waals surface area contributed by atoms with Crippen molar-refractivity contribution >= 4 is 0 Å². The van der Waals surface area contributed by atoms with E-state index in [9.17, 15) is 13.2 Å². The minimum absolute atomic E-state index is 0.113. The third-order valence-corrected chi connectivity index (χ3v) is 4.37. The first-order chi connectivity index (χ1) is 11.9. The van der Waals surface area contributed by atoms with E-state index in [1.165, 1.54) is 25.3 Å². The first-order valence-electron chi connectivity index (χ1n) is 9.28. The lowest BCUT2D eigenvalue weighted by Gasteiger charge is -2.26. The summed E-state index contributed by atoms with van der Waals surface area (Å²) in [7, 11) is 0. The van der Waals surface area contributed by atoms with E-state index in [0.29, 0.717) is 16.9 Å². The van der Waals surface area contributed by atoms with Crippen LogP contribution in [-0.2, 0) is 5.92 Å². The lowest BCUT2D eigenvalue weighted by Crippen LogP contribution is -2.34. The normalized spacial score (nSPS) is 15.5. The molecule has 1 heterocycles. The van der Waals surface area contributed by atoms with Gasteiger partial charge in [0.25, 0.3) is 0 Å². The molecule has 0 aliphatic carbocycles. The molecule has 0 saturated carbocycles. The second kappa shape index (κ2) is 10.7. The van der Waals surface area contributed by atoms with Gasteiger partial charge < -0.3 is 10.1 Å². The number of alkyl halides is 3. The predicted octanol–water partition coefficient (Wildman–Crippen LogP) is 5.69. The molecule has 0 spiro atoms. The molecular weight excluding hydrogens is 327 g/mol. The highest BCUT2D eigenvalue weighted by Gasteiger charge is 2.34. The second-order valence-corrected chi connectivity index (χ2v) is 6.69. The number of hydrogen-bond acceptors (Lipinski definition) is 2. The lowest BCUT2D eigenvalue weighted by molar-refractivity contribution is -0.0287. The quantitative estimate of drug-likeness (QED) is 0.704. The van der Waals surface area contributed by atoms with E-state index in [1.807, 2.05) is 0 Å². The largest absolute Gasteiger partial charge is 0.490 e. The van der Waals surface area contributed by atoms with Gasteiger partial charge in [0.2, 0.25) is 0 Å². The molecule has 1 aliphatic rings. The Morgan fingerprint density at radius 3 is 2.16 bits per heavy atom. The summed E-state index contributed by atoms with van der Waals surface area (Å²) in [6, 6.07) is 2.93. The Morgan fingerprint density at radius 1 is 1.08 bits per heavy atom. The fraction of sp³-hybridized carbons (Fsp3) is 0.700. The van der Waals surface area contributed by atoms with Crippen LogP contribution in [0.4, 0.5) is 13.2 Å². The number of aryl methyl sites for hydroxylation is 2. The van der Waals surface area contributed by atoms with Crippen molar-refractivity contribution in [3.8, 4) is 5.75 Å². The number of ether oxygens (including phenoxy) is 1. The minimum atomic E-state index is -3.43. The summed E-state index contributed by atoms with van der Waals surface area (Å²) in [6.45, 7) is 7.83. The zero-order chi connectivity index (χ0) is 18.9. The first-order valence-corrected chi connectivity index (χ1v) is 9.28. The molecule has 0 unspecified atom stereocenters. The van der Waals surface area contributed by atoms with Gasteiger partial charge in [-0.3, -0.25) is 0 Å². The molecular formula is C20H32F3NO. The standard InChI is InChI=1S/C15H20F3NO.C5H12/c1-10-8-14(20-12-3-5-19-6-4-12)11(2)7-13(10)15(17,18)9-16;1-3-5-4-2/h7-8,12,19H,3-6,9H2,1-2H3;3-5H2,1-2H3. The van der Waals surface area contributed by atoms with Crippen LogP contribution in [0.15, 0.2) is 12.1 Å². The Bertz CT molecular complexity index is 512. The monoisotopic (exact) mass is 359 g/mol. The average Bonchev–Trinajstić information content (AvgIpc) is 2.60. The number of benzene rings is 1. The summed E-state index contributed by atoms with van der Waals surface area (Å²) in [5, 5.41) is 3.24. The molecule has 0 aromatic heterocycles. The van der Waals surface area contributed by atoms with Gasteiger partial charge in [-0.1, -0.05) is 33.1 Å². The van der Waals surface area contributed by atoms with Gasteiger partial charge in [-0.05, 0) is 63.0 Å². The Hall–Kier alpha value is -1.23. The van der Waals surface area contributed by atoms with Gasteiger partial charge in [-0.25, -0.2) is 4.39 Å². The molecule has 2 nitrogen and oxygen atoms in total. The van der Waals surface area contributed by atoms with Gasteiger partial charge in [0.1, 0.15) is 11.9 Å². The van der Waals surface area contributed by atoms with Crippen molar-refractivity contribution in [2.24, 2.45) is 0 Å². The van der Waals surface area contributed by atoms with Crippen LogP contribution in [0.25, 0.3) is 0 Å². The summed E-state index contributed by atoms with van der Waals surface area (Å²) in [5.74, 6) is -2.81. The fourth-order valence-electron chi connectivity index (χ4n) is 2.83. The smallest absolute Gasteiger partial charge is 0.301 e. The molecule has 2 rings (SSSR count). The summed E-state index contributed by atoms with van der Waals surface area (Å²) < 4.78 is 45.3. The van der Waals surface area contributed by atoms with Crippen LogP contribution in [0.2, 0.25) is 0 Å². The van der Waals surface area contributed by atoms with Crippen LogP contribution >= 0.6 is 0 Å². The maximum absolute atomic E-state index is 13.5. The van der Waals surface area contributed by atoms with Crippen molar-refractivity contribution in [1.29, 1.82) is 0 Å². The predicted molar refractivity (Wildman–Crippen MR) is 97.5 cm³/mol. The third-order valence-electron chi connectivity index (χ3n) is 4.37. The van der Waals surface area contributed by atoms with Gasteiger partial charge in [0.05, 0.1) is 0 Å². The lowest BCUT2D eigenvalue weighted by atomic mass is 9.99. The van der Waals surface area contributed by atoms with Crippen molar-refractivity contribution in [3.63, 3.8) is 0 Å². The van der Waals surface area contributed by atoms with E-state index in [2.05, 4.69) is 19.2 Å². The van der Waals surface area contributed by atoms with Gasteiger partial charge in [0, 0.05) is 5.56 Å². The van der Waals surface area contributed by atoms with Crippen LogP contribution in [0.1, 0.15) is 62.6 Å². The number of piperidine rings is 1.